The number of fused-ring (bicyclic) bond motifs is 1. The van der Waals surface area contributed by atoms with E-state index in [0.29, 0.717) is 25.6 Å². The maximum Gasteiger partial charge on any atom is 0.314 e. The van der Waals surface area contributed by atoms with Crippen LogP contribution in [0.4, 0.5) is 4.79 Å². The van der Waals surface area contributed by atoms with Crippen molar-refractivity contribution in [2.75, 3.05) is 19.7 Å². The number of hydrogen-bond donors (Lipinski definition) is 2. The molecule has 0 saturated carbocycles. The average molecular weight is 330 g/mol. The molecule has 4 nitrogen and oxygen atoms in total. The van der Waals surface area contributed by atoms with Gasteiger partial charge in [-0.25, -0.2) is 4.79 Å². The lowest BCUT2D eigenvalue weighted by Crippen LogP contribution is -2.39. The number of thiophene rings is 1. The Hall–Kier alpha value is -2.01. The van der Waals surface area contributed by atoms with Gasteiger partial charge in [-0.1, -0.05) is 24.3 Å². The van der Waals surface area contributed by atoms with Crippen molar-refractivity contribution in [1.29, 1.82) is 0 Å². The summed E-state index contributed by atoms with van der Waals surface area (Å²) >= 11 is 1.72. The lowest BCUT2D eigenvalue weighted by atomic mass is 9.97. The molecule has 2 heterocycles. The molecule has 3 rings (SSSR count). The van der Waals surface area contributed by atoms with Crippen LogP contribution in [0.3, 0.4) is 0 Å². The fourth-order valence-corrected chi connectivity index (χ4v) is 3.50. The fourth-order valence-electron chi connectivity index (χ4n) is 2.79. The number of nitrogens with one attached hydrogen (secondary N) is 2. The van der Waals surface area contributed by atoms with Gasteiger partial charge in [0.2, 0.25) is 0 Å². The zero-order valence-corrected chi connectivity index (χ0v) is 13.9. The third-order valence-electron chi connectivity index (χ3n) is 4.05. The molecular formula is C18H22N2O2S. The molecule has 2 N–H and O–H groups in total. The van der Waals surface area contributed by atoms with Gasteiger partial charge in [-0.3, -0.25) is 0 Å². The summed E-state index contributed by atoms with van der Waals surface area (Å²) in [6.07, 6.45) is 2.80. The summed E-state index contributed by atoms with van der Waals surface area (Å²) < 4.78 is 5.76. The van der Waals surface area contributed by atoms with Crippen LogP contribution in [0.1, 0.15) is 16.9 Å². The molecule has 0 fully saturated rings. The van der Waals surface area contributed by atoms with E-state index in [-0.39, 0.29) is 6.03 Å². The van der Waals surface area contributed by atoms with Crippen LogP contribution in [0.5, 0.6) is 5.75 Å². The third-order valence-corrected chi connectivity index (χ3v) is 4.99. The number of urea groups is 1. The van der Waals surface area contributed by atoms with Crippen LogP contribution in [0.25, 0.3) is 0 Å². The number of para-hydroxylation sites is 1. The Bertz CT molecular complexity index is 628. The highest BCUT2D eigenvalue weighted by Crippen LogP contribution is 2.26. The highest BCUT2D eigenvalue weighted by molar-refractivity contribution is 7.09. The van der Waals surface area contributed by atoms with Gasteiger partial charge in [0.25, 0.3) is 0 Å². The van der Waals surface area contributed by atoms with Gasteiger partial charge in [-0.2, -0.15) is 0 Å². The van der Waals surface area contributed by atoms with Crippen LogP contribution in [-0.2, 0) is 12.8 Å². The monoisotopic (exact) mass is 330 g/mol. The lowest BCUT2D eigenvalue weighted by Gasteiger charge is -2.15. The zero-order chi connectivity index (χ0) is 15.9. The minimum absolute atomic E-state index is 0.0833. The van der Waals surface area contributed by atoms with E-state index >= 15 is 0 Å². The van der Waals surface area contributed by atoms with Crippen LogP contribution in [-0.4, -0.2) is 25.7 Å². The summed E-state index contributed by atoms with van der Waals surface area (Å²) in [7, 11) is 0. The SMILES string of the molecule is O=C(NCCc1cccs1)NC[C@@H]1CCOc2ccccc2C1. The van der Waals surface area contributed by atoms with Crippen LogP contribution >= 0.6 is 11.3 Å². The van der Waals surface area contributed by atoms with E-state index in [0.717, 1.165) is 25.0 Å². The quantitative estimate of drug-likeness (QED) is 0.884. The molecule has 23 heavy (non-hydrogen) atoms. The number of rotatable bonds is 5. The summed E-state index contributed by atoms with van der Waals surface area (Å²) in [5.41, 5.74) is 1.23. The van der Waals surface area contributed by atoms with E-state index < -0.39 is 0 Å². The van der Waals surface area contributed by atoms with Gasteiger partial charge in [-0.15, -0.1) is 11.3 Å². The van der Waals surface area contributed by atoms with Crippen LogP contribution in [0.2, 0.25) is 0 Å². The molecule has 1 aromatic carbocycles. The highest BCUT2D eigenvalue weighted by Gasteiger charge is 2.17. The number of carbonyl (C=O) groups is 1. The molecule has 122 valence electrons. The van der Waals surface area contributed by atoms with Crippen molar-refractivity contribution in [2.24, 2.45) is 5.92 Å². The van der Waals surface area contributed by atoms with Gasteiger partial charge in [0.05, 0.1) is 6.61 Å². The molecule has 0 saturated heterocycles. The number of amides is 2. The van der Waals surface area contributed by atoms with E-state index in [4.69, 9.17) is 4.74 Å². The minimum atomic E-state index is -0.0833. The second kappa shape index (κ2) is 8.02. The normalized spacial score (nSPS) is 16.8. The molecule has 0 spiro atoms. The Labute approximate surface area is 140 Å². The number of hydrogen-bond acceptors (Lipinski definition) is 3. The Balaban J connectivity index is 1.40. The summed E-state index contributed by atoms with van der Waals surface area (Å²) in [4.78, 5) is 13.2. The smallest absolute Gasteiger partial charge is 0.314 e. The van der Waals surface area contributed by atoms with Crippen LogP contribution < -0.4 is 15.4 Å². The van der Waals surface area contributed by atoms with Gasteiger partial charge in [0, 0.05) is 18.0 Å². The molecule has 0 radical (unpaired) electrons. The standard InChI is InChI=1S/C18H22N2O2S/c21-18(19-9-7-16-5-3-11-23-16)20-13-14-8-10-22-17-6-2-1-4-15(17)12-14/h1-6,11,14H,7-10,12-13H2,(H2,19,20,21)/t14-/m1/s1. The van der Waals surface area contributed by atoms with Crippen molar-refractivity contribution >= 4 is 17.4 Å². The van der Waals surface area contributed by atoms with Crippen LogP contribution in [0.15, 0.2) is 41.8 Å². The van der Waals surface area contributed by atoms with Gasteiger partial charge >= 0.3 is 6.03 Å². The van der Waals surface area contributed by atoms with Crippen LogP contribution in [0, 0.1) is 5.92 Å². The van der Waals surface area contributed by atoms with E-state index in [9.17, 15) is 4.79 Å². The summed E-state index contributed by atoms with van der Waals surface area (Å²) in [5, 5.41) is 7.97. The summed E-state index contributed by atoms with van der Waals surface area (Å²) in [6.45, 7) is 2.06. The average Bonchev–Trinajstić information content (AvgIpc) is 2.98. The molecule has 2 aromatic rings. The van der Waals surface area contributed by atoms with Gasteiger partial charge < -0.3 is 15.4 Å². The van der Waals surface area contributed by atoms with E-state index in [1.54, 1.807) is 11.3 Å². The molecule has 0 bridgehead atoms. The Morgan fingerprint density at radius 3 is 3.00 bits per heavy atom. The maximum absolute atomic E-state index is 11.9. The van der Waals surface area contributed by atoms with E-state index in [2.05, 4.69) is 28.1 Å². The summed E-state index contributed by atoms with van der Waals surface area (Å²) in [6, 6.07) is 12.2. The van der Waals surface area contributed by atoms with Crippen molar-refractivity contribution in [1.82, 2.24) is 10.6 Å². The molecule has 1 aliphatic heterocycles. The van der Waals surface area contributed by atoms with Crippen molar-refractivity contribution in [3.05, 3.63) is 52.2 Å². The first-order valence-electron chi connectivity index (χ1n) is 8.06. The largest absolute Gasteiger partial charge is 0.493 e. The Morgan fingerprint density at radius 2 is 2.13 bits per heavy atom. The van der Waals surface area contributed by atoms with Crippen molar-refractivity contribution in [2.45, 2.75) is 19.3 Å². The fraction of sp³-hybridized carbons (Fsp3) is 0.389. The predicted molar refractivity (Wildman–Crippen MR) is 93.2 cm³/mol. The molecule has 0 aliphatic carbocycles. The van der Waals surface area contributed by atoms with Gasteiger partial charge in [0.1, 0.15) is 5.75 Å². The second-order valence-corrected chi connectivity index (χ2v) is 6.81. The molecular weight excluding hydrogens is 308 g/mol. The molecule has 2 amide bonds. The molecule has 1 atom stereocenters. The topological polar surface area (TPSA) is 50.4 Å². The minimum Gasteiger partial charge on any atom is -0.493 e. The van der Waals surface area contributed by atoms with Gasteiger partial charge in [0.15, 0.2) is 0 Å². The van der Waals surface area contributed by atoms with Crippen molar-refractivity contribution in [3.63, 3.8) is 0 Å². The maximum atomic E-state index is 11.9. The first-order chi connectivity index (χ1) is 11.3. The molecule has 1 aliphatic rings. The molecule has 0 unspecified atom stereocenters. The number of carbonyl (C=O) groups excluding carboxylic acids is 1. The Kier molecular flexibility index (Phi) is 5.53. The van der Waals surface area contributed by atoms with Crippen molar-refractivity contribution in [3.8, 4) is 5.75 Å². The zero-order valence-electron chi connectivity index (χ0n) is 13.1. The van der Waals surface area contributed by atoms with E-state index in [1.165, 1.54) is 10.4 Å². The first kappa shape index (κ1) is 15.9. The molecule has 5 heteroatoms. The highest BCUT2D eigenvalue weighted by atomic mass is 32.1. The second-order valence-electron chi connectivity index (χ2n) is 5.78. The number of ether oxygens (including phenoxy) is 1. The molecule has 1 aromatic heterocycles. The van der Waals surface area contributed by atoms with Gasteiger partial charge in [-0.05, 0) is 48.3 Å². The Morgan fingerprint density at radius 1 is 1.22 bits per heavy atom. The lowest BCUT2D eigenvalue weighted by molar-refractivity contribution is 0.237. The number of benzene rings is 1. The predicted octanol–water partition coefficient (Wildman–Crippen LogP) is 3.23. The van der Waals surface area contributed by atoms with Crippen molar-refractivity contribution < 1.29 is 9.53 Å². The van der Waals surface area contributed by atoms with E-state index in [1.807, 2.05) is 24.3 Å². The third kappa shape index (κ3) is 4.73. The summed E-state index contributed by atoms with van der Waals surface area (Å²) in [5.74, 6) is 1.40. The first-order valence-corrected chi connectivity index (χ1v) is 8.94.